The Morgan fingerprint density at radius 3 is 2.48 bits per heavy atom. The van der Waals surface area contributed by atoms with Crippen LogP contribution in [0.1, 0.15) is 48.9 Å². The zero-order chi connectivity index (χ0) is 18.8. The molecule has 2 aromatic heterocycles. The van der Waals surface area contributed by atoms with Crippen LogP contribution in [-0.2, 0) is 12.8 Å². The summed E-state index contributed by atoms with van der Waals surface area (Å²) in [6.07, 6.45) is 4.06. The molecule has 0 radical (unpaired) electrons. The molecule has 27 heavy (non-hydrogen) atoms. The Labute approximate surface area is 166 Å². The molecule has 0 aliphatic heterocycles. The van der Waals surface area contributed by atoms with Crippen LogP contribution in [0.2, 0.25) is 0 Å². The average molecular weight is 397 g/mol. The van der Waals surface area contributed by atoms with Crippen molar-refractivity contribution in [2.45, 2.75) is 32.6 Å². The Hall–Kier alpha value is -2.44. The predicted molar refractivity (Wildman–Crippen MR) is 112 cm³/mol. The number of rotatable bonds is 4. The van der Waals surface area contributed by atoms with Gasteiger partial charge in [-0.05, 0) is 61.7 Å². The number of nitrogens with one attached hydrogen (secondary N) is 2. The van der Waals surface area contributed by atoms with Crippen LogP contribution in [0.3, 0.4) is 0 Å². The lowest BCUT2D eigenvalue weighted by Gasteiger charge is -2.13. The van der Waals surface area contributed by atoms with E-state index in [1.54, 1.807) is 17.4 Å². The Morgan fingerprint density at radius 2 is 1.74 bits per heavy atom. The fraction of sp³-hybridized carbons (Fsp3) is 0.238. The first-order valence-corrected chi connectivity index (χ1v) is 10.7. The summed E-state index contributed by atoms with van der Waals surface area (Å²) in [4.78, 5) is 27.5. The van der Waals surface area contributed by atoms with Crippen molar-refractivity contribution in [2.24, 2.45) is 0 Å². The van der Waals surface area contributed by atoms with Crippen LogP contribution in [0.5, 0.6) is 0 Å². The molecule has 0 unspecified atom stereocenters. The normalized spacial score (nSPS) is 13.1. The van der Waals surface area contributed by atoms with Gasteiger partial charge in [-0.2, -0.15) is 0 Å². The van der Waals surface area contributed by atoms with Gasteiger partial charge in [-0.3, -0.25) is 9.59 Å². The number of fused-ring (bicyclic) bond motifs is 1. The summed E-state index contributed by atoms with van der Waals surface area (Å²) in [5.74, 6) is -0.312. The van der Waals surface area contributed by atoms with Crippen LogP contribution in [0.25, 0.3) is 0 Å². The molecule has 138 valence electrons. The molecule has 4 rings (SSSR count). The molecule has 2 N–H and O–H groups in total. The van der Waals surface area contributed by atoms with E-state index in [0.717, 1.165) is 42.5 Å². The molecule has 0 saturated heterocycles. The number of carbonyl (C=O) groups excluding carboxylic acids is 2. The topological polar surface area (TPSA) is 58.2 Å². The third-order valence-electron chi connectivity index (χ3n) is 4.68. The second-order valence-corrected chi connectivity index (χ2v) is 8.72. The van der Waals surface area contributed by atoms with E-state index in [0.29, 0.717) is 15.4 Å². The maximum absolute atomic E-state index is 13.1. The largest absolute Gasteiger partial charge is 0.322 e. The van der Waals surface area contributed by atoms with Crippen molar-refractivity contribution in [1.82, 2.24) is 0 Å². The van der Waals surface area contributed by atoms with Gasteiger partial charge in [-0.25, -0.2) is 0 Å². The third kappa shape index (κ3) is 3.82. The number of hydrogen-bond donors (Lipinski definition) is 2. The monoisotopic (exact) mass is 396 g/mol. The van der Waals surface area contributed by atoms with Gasteiger partial charge in [0.2, 0.25) is 0 Å². The van der Waals surface area contributed by atoms with E-state index in [2.05, 4.69) is 10.6 Å². The van der Waals surface area contributed by atoms with E-state index in [4.69, 9.17) is 0 Å². The summed E-state index contributed by atoms with van der Waals surface area (Å²) < 4.78 is 0. The summed E-state index contributed by atoms with van der Waals surface area (Å²) in [7, 11) is 0. The number of thiophene rings is 2. The molecule has 0 fully saturated rings. The molecule has 0 atom stereocenters. The minimum absolute atomic E-state index is 0.153. The Balaban J connectivity index is 1.65. The lowest BCUT2D eigenvalue weighted by Crippen LogP contribution is -2.18. The predicted octanol–water partition coefficient (Wildman–Crippen LogP) is 5.50. The Bertz CT molecular complexity index is 973. The highest BCUT2D eigenvalue weighted by molar-refractivity contribution is 7.17. The zero-order valence-electron chi connectivity index (χ0n) is 15.0. The van der Waals surface area contributed by atoms with Gasteiger partial charge in [0.05, 0.1) is 10.4 Å². The highest BCUT2D eigenvalue weighted by Crippen LogP contribution is 2.39. The molecule has 3 aromatic rings. The van der Waals surface area contributed by atoms with Gasteiger partial charge < -0.3 is 10.6 Å². The van der Waals surface area contributed by atoms with Crippen LogP contribution in [0.15, 0.2) is 41.8 Å². The van der Waals surface area contributed by atoms with Crippen molar-refractivity contribution in [2.75, 3.05) is 10.6 Å². The van der Waals surface area contributed by atoms with Crippen LogP contribution >= 0.6 is 22.7 Å². The molecule has 1 aliphatic carbocycles. The van der Waals surface area contributed by atoms with Crippen LogP contribution < -0.4 is 10.6 Å². The quantitative estimate of drug-likeness (QED) is 0.612. The molecule has 4 nitrogen and oxygen atoms in total. The molecule has 2 amide bonds. The smallest absolute Gasteiger partial charge is 0.266 e. The molecular formula is C21H20N2O2S2. The van der Waals surface area contributed by atoms with Crippen molar-refractivity contribution in [3.8, 4) is 0 Å². The molecule has 6 heteroatoms. The van der Waals surface area contributed by atoms with Gasteiger partial charge in [0.25, 0.3) is 11.8 Å². The molecule has 2 heterocycles. The molecule has 0 spiro atoms. The minimum atomic E-state index is -0.159. The highest BCUT2D eigenvalue weighted by atomic mass is 32.1. The summed E-state index contributed by atoms with van der Waals surface area (Å²) in [5, 5.41) is 8.50. The molecule has 1 aliphatic rings. The second kappa shape index (κ2) is 7.66. The third-order valence-corrected chi connectivity index (χ3v) is 6.76. The van der Waals surface area contributed by atoms with Gasteiger partial charge in [-0.15, -0.1) is 22.7 Å². The first-order chi connectivity index (χ1) is 13.1. The summed E-state index contributed by atoms with van der Waals surface area (Å²) >= 11 is 2.94. The average Bonchev–Trinajstić information content (AvgIpc) is 3.31. The molecular weight excluding hydrogens is 376 g/mol. The van der Waals surface area contributed by atoms with Crippen molar-refractivity contribution >= 4 is 45.2 Å². The standard InChI is InChI=1S/C21H20N2O2S2/c1-13-8-10-14(11-9-13)22-20(25)18-15-5-2-3-6-16(15)27-21(18)23-19(24)17-7-4-12-26-17/h4,7-12H,2-3,5-6H2,1H3,(H,22,25)(H,23,24). The van der Waals surface area contributed by atoms with Gasteiger partial charge in [0, 0.05) is 10.6 Å². The number of anilines is 2. The van der Waals surface area contributed by atoms with E-state index < -0.39 is 0 Å². The van der Waals surface area contributed by atoms with Gasteiger partial charge >= 0.3 is 0 Å². The Morgan fingerprint density at radius 1 is 0.963 bits per heavy atom. The van der Waals surface area contributed by atoms with Crippen molar-refractivity contribution in [3.05, 3.63) is 68.2 Å². The van der Waals surface area contributed by atoms with Gasteiger partial charge in [0.15, 0.2) is 0 Å². The van der Waals surface area contributed by atoms with Crippen molar-refractivity contribution < 1.29 is 9.59 Å². The van der Waals surface area contributed by atoms with Crippen LogP contribution in [0.4, 0.5) is 10.7 Å². The summed E-state index contributed by atoms with van der Waals surface area (Å²) in [5.41, 5.74) is 3.62. The first-order valence-electron chi connectivity index (χ1n) is 8.99. The van der Waals surface area contributed by atoms with Crippen LogP contribution in [0, 0.1) is 6.92 Å². The maximum atomic E-state index is 13.1. The maximum Gasteiger partial charge on any atom is 0.266 e. The van der Waals surface area contributed by atoms with E-state index in [-0.39, 0.29) is 11.8 Å². The number of amides is 2. The fourth-order valence-corrected chi connectivity index (χ4v) is 5.20. The number of carbonyl (C=O) groups is 2. The molecule has 0 bridgehead atoms. The second-order valence-electron chi connectivity index (χ2n) is 6.67. The Kier molecular flexibility index (Phi) is 5.09. The van der Waals surface area contributed by atoms with Crippen molar-refractivity contribution in [3.63, 3.8) is 0 Å². The first kappa shape index (κ1) is 17.9. The van der Waals surface area contributed by atoms with E-state index in [1.807, 2.05) is 42.6 Å². The van der Waals surface area contributed by atoms with Gasteiger partial charge in [0.1, 0.15) is 5.00 Å². The lowest BCUT2D eigenvalue weighted by atomic mass is 9.95. The van der Waals surface area contributed by atoms with Crippen LogP contribution in [-0.4, -0.2) is 11.8 Å². The number of hydrogen-bond acceptors (Lipinski definition) is 4. The fourth-order valence-electron chi connectivity index (χ4n) is 3.30. The number of benzene rings is 1. The lowest BCUT2D eigenvalue weighted by molar-refractivity contribution is 0.102. The van der Waals surface area contributed by atoms with E-state index >= 15 is 0 Å². The van der Waals surface area contributed by atoms with Gasteiger partial charge in [-0.1, -0.05) is 23.8 Å². The highest BCUT2D eigenvalue weighted by Gasteiger charge is 2.26. The summed E-state index contributed by atoms with van der Waals surface area (Å²) in [6, 6.07) is 11.4. The van der Waals surface area contributed by atoms with E-state index in [9.17, 15) is 9.59 Å². The minimum Gasteiger partial charge on any atom is -0.322 e. The number of aryl methyl sites for hydroxylation is 2. The van der Waals surface area contributed by atoms with Crippen molar-refractivity contribution in [1.29, 1.82) is 0 Å². The molecule has 1 aromatic carbocycles. The molecule has 0 saturated carbocycles. The SMILES string of the molecule is Cc1ccc(NC(=O)c2c(NC(=O)c3cccs3)sc3c2CCCC3)cc1. The summed E-state index contributed by atoms with van der Waals surface area (Å²) in [6.45, 7) is 2.01. The zero-order valence-corrected chi connectivity index (χ0v) is 16.6. The van der Waals surface area contributed by atoms with E-state index in [1.165, 1.54) is 16.2 Å².